The summed E-state index contributed by atoms with van der Waals surface area (Å²) in [5, 5.41) is 9.07. The van der Waals surface area contributed by atoms with Crippen molar-refractivity contribution in [3.05, 3.63) is 23.4 Å². The van der Waals surface area contributed by atoms with Crippen LogP contribution in [0.1, 0.15) is 23.0 Å². The smallest absolute Gasteiger partial charge is 0.335 e. The van der Waals surface area contributed by atoms with Crippen LogP contribution in [0.2, 0.25) is 0 Å². The lowest BCUT2D eigenvalue weighted by atomic mass is 10.1. The van der Waals surface area contributed by atoms with E-state index in [1.807, 2.05) is 6.92 Å². The van der Waals surface area contributed by atoms with Gasteiger partial charge in [-0.15, -0.1) is 0 Å². The summed E-state index contributed by atoms with van der Waals surface area (Å²) in [6.45, 7) is 6.73. The number of aryl methyl sites for hydroxylation is 1. The summed E-state index contributed by atoms with van der Waals surface area (Å²) >= 11 is 0. The van der Waals surface area contributed by atoms with E-state index < -0.39 is 5.97 Å². The van der Waals surface area contributed by atoms with E-state index in [1.165, 1.54) is 0 Å². The van der Waals surface area contributed by atoms with Crippen LogP contribution in [0.5, 0.6) is 0 Å². The van der Waals surface area contributed by atoms with E-state index in [4.69, 9.17) is 5.11 Å². The molecule has 1 aromatic rings. The number of hydrogen-bond donors (Lipinski definition) is 1. The molecule has 5 nitrogen and oxygen atoms in total. The molecule has 0 aromatic carbocycles. The monoisotopic (exact) mass is 249 g/mol. The van der Waals surface area contributed by atoms with Crippen LogP contribution in [-0.4, -0.2) is 53.7 Å². The van der Waals surface area contributed by atoms with E-state index in [-0.39, 0.29) is 0 Å². The summed E-state index contributed by atoms with van der Waals surface area (Å²) in [6, 6.07) is 3.72. The minimum atomic E-state index is -0.899. The maximum Gasteiger partial charge on any atom is 0.335 e. The van der Waals surface area contributed by atoms with Gasteiger partial charge in [-0.1, -0.05) is 0 Å². The van der Waals surface area contributed by atoms with Gasteiger partial charge in [0.25, 0.3) is 0 Å². The van der Waals surface area contributed by atoms with Crippen molar-refractivity contribution in [2.45, 2.75) is 19.9 Å². The highest BCUT2D eigenvalue weighted by atomic mass is 16.4. The maximum atomic E-state index is 11.1. The van der Waals surface area contributed by atoms with E-state index in [0.29, 0.717) is 11.6 Å². The number of anilines is 1. The molecule has 0 saturated carbocycles. The van der Waals surface area contributed by atoms with Crippen LogP contribution in [0, 0.1) is 6.92 Å². The number of piperazine rings is 1. The Morgan fingerprint density at radius 3 is 2.78 bits per heavy atom. The second-order valence-electron chi connectivity index (χ2n) is 4.94. The third-order valence-corrected chi connectivity index (χ3v) is 3.47. The average Bonchev–Trinajstić information content (AvgIpc) is 2.31. The van der Waals surface area contributed by atoms with Crippen LogP contribution in [-0.2, 0) is 0 Å². The second-order valence-corrected chi connectivity index (χ2v) is 4.94. The predicted octanol–water partition coefficient (Wildman–Crippen LogP) is 1.23. The summed E-state index contributed by atoms with van der Waals surface area (Å²) in [7, 11) is 2.11. The molecule has 1 unspecified atom stereocenters. The molecule has 2 heterocycles. The normalized spacial score (nSPS) is 21.1. The number of hydrogen-bond acceptors (Lipinski definition) is 4. The molecule has 1 N–H and O–H groups in total. The first-order chi connectivity index (χ1) is 8.47. The third-order valence-electron chi connectivity index (χ3n) is 3.47. The molecule has 0 bridgehead atoms. The van der Waals surface area contributed by atoms with Gasteiger partial charge in [-0.25, -0.2) is 9.78 Å². The van der Waals surface area contributed by atoms with Crippen molar-refractivity contribution >= 4 is 11.8 Å². The van der Waals surface area contributed by atoms with Gasteiger partial charge in [0, 0.05) is 31.4 Å². The van der Waals surface area contributed by atoms with Crippen molar-refractivity contribution < 1.29 is 9.90 Å². The number of likely N-dealkylation sites (N-methyl/N-ethyl adjacent to an activating group) is 1. The average molecular weight is 249 g/mol. The Balaban J connectivity index is 2.25. The zero-order valence-corrected chi connectivity index (χ0v) is 11.1. The van der Waals surface area contributed by atoms with Crippen LogP contribution < -0.4 is 4.90 Å². The molecule has 18 heavy (non-hydrogen) atoms. The number of rotatable bonds is 2. The van der Waals surface area contributed by atoms with Crippen molar-refractivity contribution in [2.24, 2.45) is 0 Å². The van der Waals surface area contributed by atoms with Crippen molar-refractivity contribution in [3.63, 3.8) is 0 Å². The molecule has 0 radical (unpaired) electrons. The van der Waals surface area contributed by atoms with Crippen LogP contribution in [0.25, 0.3) is 0 Å². The number of nitrogens with zero attached hydrogens (tertiary/aromatic N) is 3. The Hall–Kier alpha value is -1.62. The molecule has 2 rings (SSSR count). The molecule has 1 aromatic heterocycles. The summed E-state index contributed by atoms with van der Waals surface area (Å²) in [6.07, 6.45) is 0. The molecular formula is C13H19N3O2. The fraction of sp³-hybridized carbons (Fsp3) is 0.538. The quantitative estimate of drug-likeness (QED) is 0.854. The first kappa shape index (κ1) is 12.8. The molecule has 1 aliphatic rings. The lowest BCUT2D eigenvalue weighted by Gasteiger charge is -2.38. The molecule has 0 aliphatic carbocycles. The molecule has 1 saturated heterocycles. The highest BCUT2D eigenvalue weighted by Gasteiger charge is 2.22. The number of carboxylic acids is 1. The Morgan fingerprint density at radius 1 is 1.44 bits per heavy atom. The van der Waals surface area contributed by atoms with Crippen molar-refractivity contribution in [1.82, 2.24) is 9.88 Å². The van der Waals surface area contributed by atoms with Gasteiger partial charge in [0.2, 0.25) is 0 Å². The number of aromatic carboxylic acids is 1. The SMILES string of the molecule is Cc1cc(C(=O)O)cc(N2CCN(C)C(C)C2)n1. The van der Waals surface area contributed by atoms with Gasteiger partial charge in [0.15, 0.2) is 0 Å². The minimum Gasteiger partial charge on any atom is -0.478 e. The standard InChI is InChI=1S/C13H19N3O2/c1-9-6-11(13(17)18)7-12(14-9)16-5-4-15(3)10(2)8-16/h6-7,10H,4-5,8H2,1-3H3,(H,17,18). The van der Waals surface area contributed by atoms with Gasteiger partial charge in [-0.05, 0) is 33.0 Å². The summed E-state index contributed by atoms with van der Waals surface area (Å²) in [5.74, 6) is -0.128. The highest BCUT2D eigenvalue weighted by Crippen LogP contribution is 2.18. The second kappa shape index (κ2) is 4.94. The number of aromatic nitrogens is 1. The summed E-state index contributed by atoms with van der Waals surface area (Å²) < 4.78 is 0. The number of carboxylic acid groups (broad SMARTS) is 1. The Bertz CT molecular complexity index is 462. The largest absolute Gasteiger partial charge is 0.478 e. The van der Waals surface area contributed by atoms with Gasteiger partial charge in [-0.2, -0.15) is 0 Å². The lowest BCUT2D eigenvalue weighted by molar-refractivity contribution is 0.0696. The van der Waals surface area contributed by atoms with Crippen LogP contribution >= 0.6 is 0 Å². The molecule has 0 amide bonds. The van der Waals surface area contributed by atoms with Gasteiger partial charge in [-0.3, -0.25) is 0 Å². The first-order valence-electron chi connectivity index (χ1n) is 6.14. The van der Waals surface area contributed by atoms with Gasteiger partial charge in [0.05, 0.1) is 5.56 Å². The van der Waals surface area contributed by atoms with Crippen LogP contribution in [0.3, 0.4) is 0 Å². The van der Waals surface area contributed by atoms with Gasteiger partial charge in [0.1, 0.15) is 5.82 Å². The first-order valence-corrected chi connectivity index (χ1v) is 6.14. The van der Waals surface area contributed by atoms with Crippen LogP contribution in [0.4, 0.5) is 5.82 Å². The Labute approximate surface area is 107 Å². The Morgan fingerprint density at radius 2 is 2.17 bits per heavy atom. The topological polar surface area (TPSA) is 56.7 Å². The van der Waals surface area contributed by atoms with Crippen molar-refractivity contribution in [1.29, 1.82) is 0 Å². The summed E-state index contributed by atoms with van der Waals surface area (Å²) in [5.41, 5.74) is 1.06. The molecule has 1 atom stereocenters. The third kappa shape index (κ3) is 2.61. The Kier molecular flexibility index (Phi) is 3.52. The molecule has 1 aliphatic heterocycles. The zero-order valence-electron chi connectivity index (χ0n) is 11.1. The van der Waals surface area contributed by atoms with Crippen molar-refractivity contribution in [3.8, 4) is 0 Å². The number of carbonyl (C=O) groups is 1. The number of pyridine rings is 1. The van der Waals surface area contributed by atoms with E-state index in [0.717, 1.165) is 31.1 Å². The van der Waals surface area contributed by atoms with E-state index in [9.17, 15) is 4.79 Å². The lowest BCUT2D eigenvalue weighted by Crippen LogP contribution is -2.50. The molecule has 5 heteroatoms. The molecule has 0 spiro atoms. The van der Waals surface area contributed by atoms with E-state index in [2.05, 4.69) is 28.8 Å². The van der Waals surface area contributed by atoms with Gasteiger partial charge < -0.3 is 14.9 Å². The molecule has 1 fully saturated rings. The highest BCUT2D eigenvalue weighted by molar-refractivity contribution is 5.88. The summed E-state index contributed by atoms with van der Waals surface area (Å²) in [4.78, 5) is 19.9. The molecule has 98 valence electrons. The fourth-order valence-electron chi connectivity index (χ4n) is 2.19. The maximum absolute atomic E-state index is 11.1. The fourth-order valence-corrected chi connectivity index (χ4v) is 2.19. The van der Waals surface area contributed by atoms with Crippen molar-refractivity contribution in [2.75, 3.05) is 31.6 Å². The molecular weight excluding hydrogens is 230 g/mol. The van der Waals surface area contributed by atoms with Gasteiger partial charge >= 0.3 is 5.97 Å². The predicted molar refractivity (Wildman–Crippen MR) is 70.2 cm³/mol. The van der Waals surface area contributed by atoms with E-state index >= 15 is 0 Å². The zero-order chi connectivity index (χ0) is 13.3. The van der Waals surface area contributed by atoms with E-state index in [1.54, 1.807) is 12.1 Å². The van der Waals surface area contributed by atoms with Crippen LogP contribution in [0.15, 0.2) is 12.1 Å². The minimum absolute atomic E-state index is 0.309.